The first-order chi connectivity index (χ1) is 11.7. The van der Waals surface area contributed by atoms with Crippen LogP contribution in [0, 0.1) is 11.3 Å². The first kappa shape index (κ1) is 16.3. The van der Waals surface area contributed by atoms with Gasteiger partial charge in [0, 0.05) is 32.6 Å². The molecule has 0 unspecified atom stereocenters. The number of nitrogens with one attached hydrogen (secondary N) is 1. The Bertz CT molecular complexity index is 650. The number of aryl methyl sites for hydroxylation is 1. The zero-order chi connectivity index (χ0) is 16.9. The Balaban J connectivity index is 1.52. The van der Waals surface area contributed by atoms with Crippen LogP contribution in [0.1, 0.15) is 30.4 Å². The Hall–Kier alpha value is -2.55. The van der Waals surface area contributed by atoms with Crippen molar-refractivity contribution in [3.05, 3.63) is 35.4 Å². The van der Waals surface area contributed by atoms with Crippen LogP contribution >= 0.6 is 0 Å². The molecule has 0 saturated carbocycles. The molecule has 3 amide bonds. The van der Waals surface area contributed by atoms with Gasteiger partial charge in [-0.25, -0.2) is 4.79 Å². The van der Waals surface area contributed by atoms with E-state index in [4.69, 9.17) is 5.26 Å². The van der Waals surface area contributed by atoms with Gasteiger partial charge in [0.2, 0.25) is 5.91 Å². The van der Waals surface area contributed by atoms with E-state index in [2.05, 4.69) is 11.4 Å². The summed E-state index contributed by atoms with van der Waals surface area (Å²) in [6.07, 6.45) is 3.05. The van der Waals surface area contributed by atoms with Crippen LogP contribution in [0.15, 0.2) is 24.3 Å². The van der Waals surface area contributed by atoms with Crippen molar-refractivity contribution in [2.45, 2.75) is 31.7 Å². The van der Waals surface area contributed by atoms with E-state index < -0.39 is 0 Å². The first-order valence-electron chi connectivity index (χ1n) is 8.48. The third kappa shape index (κ3) is 3.67. The van der Waals surface area contributed by atoms with Crippen LogP contribution in [0.25, 0.3) is 0 Å². The average molecular weight is 326 g/mol. The molecule has 0 aromatic heterocycles. The highest BCUT2D eigenvalue weighted by molar-refractivity contribution is 5.78. The number of hydrogen-bond acceptors (Lipinski definition) is 3. The summed E-state index contributed by atoms with van der Waals surface area (Å²) in [7, 11) is 0. The number of carbonyl (C=O) groups is 2. The second-order valence-electron chi connectivity index (χ2n) is 6.37. The van der Waals surface area contributed by atoms with Gasteiger partial charge in [0.05, 0.1) is 17.7 Å². The van der Waals surface area contributed by atoms with Crippen molar-refractivity contribution in [1.29, 1.82) is 5.26 Å². The summed E-state index contributed by atoms with van der Waals surface area (Å²) in [6.45, 7) is 2.84. The Kier molecular flexibility index (Phi) is 4.99. The van der Waals surface area contributed by atoms with Crippen molar-refractivity contribution < 1.29 is 9.59 Å². The largest absolute Gasteiger partial charge is 0.341 e. The Morgan fingerprint density at radius 1 is 1.29 bits per heavy atom. The predicted molar refractivity (Wildman–Crippen MR) is 89.2 cm³/mol. The lowest BCUT2D eigenvalue weighted by atomic mass is 10.0. The van der Waals surface area contributed by atoms with Crippen molar-refractivity contribution in [2.75, 3.05) is 26.2 Å². The van der Waals surface area contributed by atoms with Gasteiger partial charge in [0.1, 0.15) is 0 Å². The maximum atomic E-state index is 12.5. The summed E-state index contributed by atoms with van der Waals surface area (Å²) in [5, 5.41) is 11.6. The Morgan fingerprint density at radius 3 is 2.75 bits per heavy atom. The molecule has 1 N–H and O–H groups in total. The molecule has 0 radical (unpaired) electrons. The van der Waals surface area contributed by atoms with E-state index >= 15 is 0 Å². The molecule has 6 heteroatoms. The molecule has 0 spiro atoms. The van der Waals surface area contributed by atoms with E-state index in [-0.39, 0.29) is 18.0 Å². The van der Waals surface area contributed by atoms with Crippen LogP contribution in [-0.2, 0) is 11.2 Å². The van der Waals surface area contributed by atoms with E-state index in [0.29, 0.717) is 31.5 Å². The van der Waals surface area contributed by atoms with E-state index in [1.165, 1.54) is 0 Å². The van der Waals surface area contributed by atoms with Crippen LogP contribution in [0.5, 0.6) is 0 Å². The number of piperidine rings is 1. The van der Waals surface area contributed by atoms with Gasteiger partial charge >= 0.3 is 6.03 Å². The van der Waals surface area contributed by atoms with E-state index in [1.54, 1.807) is 12.1 Å². The number of nitriles is 1. The maximum Gasteiger partial charge on any atom is 0.317 e. The molecule has 2 fully saturated rings. The molecule has 3 rings (SSSR count). The number of amides is 3. The minimum atomic E-state index is -0.00752. The van der Waals surface area contributed by atoms with Crippen LogP contribution in [0.3, 0.4) is 0 Å². The van der Waals surface area contributed by atoms with Gasteiger partial charge < -0.3 is 15.1 Å². The van der Waals surface area contributed by atoms with Crippen LogP contribution < -0.4 is 5.32 Å². The van der Waals surface area contributed by atoms with Gasteiger partial charge in [-0.15, -0.1) is 0 Å². The number of likely N-dealkylation sites (tertiary alicyclic amines) is 1. The smallest absolute Gasteiger partial charge is 0.317 e. The summed E-state index contributed by atoms with van der Waals surface area (Å²) in [6, 6.07) is 9.59. The minimum Gasteiger partial charge on any atom is -0.341 e. The second kappa shape index (κ2) is 7.35. The second-order valence-corrected chi connectivity index (χ2v) is 6.37. The quantitative estimate of drug-likeness (QED) is 0.911. The van der Waals surface area contributed by atoms with Gasteiger partial charge in [0.25, 0.3) is 0 Å². The van der Waals surface area contributed by atoms with E-state index in [9.17, 15) is 9.59 Å². The summed E-state index contributed by atoms with van der Waals surface area (Å²) < 4.78 is 0. The molecule has 24 heavy (non-hydrogen) atoms. The average Bonchev–Trinajstić information content (AvgIpc) is 3.06. The normalized spacial score (nSPS) is 20.6. The molecule has 2 aliphatic heterocycles. The zero-order valence-corrected chi connectivity index (χ0v) is 13.7. The predicted octanol–water partition coefficient (Wildman–Crippen LogP) is 1.51. The lowest BCUT2D eigenvalue weighted by Crippen LogP contribution is -2.50. The third-order valence-electron chi connectivity index (χ3n) is 4.79. The fourth-order valence-corrected chi connectivity index (χ4v) is 3.43. The zero-order valence-electron chi connectivity index (χ0n) is 13.7. The fraction of sp³-hybridized carbons (Fsp3) is 0.500. The van der Waals surface area contributed by atoms with Crippen molar-refractivity contribution in [2.24, 2.45) is 0 Å². The SMILES string of the molecule is N#Cc1ccc(CCC(=O)N2CCC[C@@H](N3CCNC3=O)C2)cc1. The minimum absolute atomic E-state index is 0.00752. The summed E-state index contributed by atoms with van der Waals surface area (Å²) in [4.78, 5) is 28.0. The van der Waals surface area contributed by atoms with E-state index in [0.717, 1.165) is 31.5 Å². The Labute approximate surface area is 142 Å². The van der Waals surface area contributed by atoms with Gasteiger partial charge in [-0.2, -0.15) is 5.26 Å². The molecule has 2 heterocycles. The Morgan fingerprint density at radius 2 is 2.08 bits per heavy atom. The highest BCUT2D eigenvalue weighted by atomic mass is 16.2. The molecular weight excluding hydrogens is 304 g/mol. The number of rotatable bonds is 4. The van der Waals surface area contributed by atoms with Crippen molar-refractivity contribution in [3.63, 3.8) is 0 Å². The number of carbonyl (C=O) groups excluding carboxylic acids is 2. The molecule has 6 nitrogen and oxygen atoms in total. The topological polar surface area (TPSA) is 76.4 Å². The van der Waals surface area contributed by atoms with Gasteiger partial charge in [-0.05, 0) is 37.0 Å². The van der Waals surface area contributed by atoms with Gasteiger partial charge in [0.15, 0.2) is 0 Å². The van der Waals surface area contributed by atoms with Gasteiger partial charge in [-0.1, -0.05) is 12.1 Å². The number of hydrogen-bond donors (Lipinski definition) is 1. The monoisotopic (exact) mass is 326 g/mol. The fourth-order valence-electron chi connectivity index (χ4n) is 3.43. The molecule has 1 aromatic carbocycles. The lowest BCUT2D eigenvalue weighted by molar-refractivity contribution is -0.133. The highest BCUT2D eigenvalue weighted by Gasteiger charge is 2.32. The molecule has 1 aromatic rings. The maximum absolute atomic E-state index is 12.5. The third-order valence-corrected chi connectivity index (χ3v) is 4.79. The number of nitrogens with zero attached hydrogens (tertiary/aromatic N) is 3. The molecule has 0 bridgehead atoms. The molecule has 2 saturated heterocycles. The summed E-state index contributed by atoms with van der Waals surface area (Å²) in [5.74, 6) is 0.142. The van der Waals surface area contributed by atoms with Crippen LogP contribution in [-0.4, -0.2) is 54.0 Å². The molecule has 1 atom stereocenters. The first-order valence-corrected chi connectivity index (χ1v) is 8.48. The van der Waals surface area contributed by atoms with Crippen molar-refractivity contribution >= 4 is 11.9 Å². The van der Waals surface area contributed by atoms with Gasteiger partial charge in [-0.3, -0.25) is 4.79 Å². The number of benzene rings is 1. The molecule has 2 aliphatic rings. The van der Waals surface area contributed by atoms with Crippen LogP contribution in [0.2, 0.25) is 0 Å². The number of urea groups is 1. The summed E-state index contributed by atoms with van der Waals surface area (Å²) in [5.41, 5.74) is 1.70. The van der Waals surface area contributed by atoms with Crippen LogP contribution in [0.4, 0.5) is 4.79 Å². The lowest BCUT2D eigenvalue weighted by Gasteiger charge is -2.37. The highest BCUT2D eigenvalue weighted by Crippen LogP contribution is 2.19. The summed E-state index contributed by atoms with van der Waals surface area (Å²) >= 11 is 0. The standard InChI is InChI=1S/C18H22N4O2/c19-12-15-5-3-14(4-6-15)7-8-17(23)21-10-1-2-16(13-21)22-11-9-20-18(22)24/h3-6,16H,1-2,7-11,13H2,(H,20,24)/t16-/m1/s1. The van der Waals surface area contributed by atoms with E-state index in [1.807, 2.05) is 21.9 Å². The van der Waals surface area contributed by atoms with Crippen molar-refractivity contribution in [1.82, 2.24) is 15.1 Å². The molecule has 126 valence electrons. The van der Waals surface area contributed by atoms with Crippen molar-refractivity contribution in [3.8, 4) is 6.07 Å². The molecule has 0 aliphatic carbocycles. The molecular formula is C18H22N4O2.